The number of hydrogen-bond acceptors (Lipinski definition) is 2. The van der Waals surface area contributed by atoms with Crippen LogP contribution in [0.1, 0.15) is 0 Å². The van der Waals surface area contributed by atoms with Crippen LogP contribution in [0.3, 0.4) is 0 Å². The van der Waals surface area contributed by atoms with E-state index in [1.54, 1.807) is 7.05 Å². The van der Waals surface area contributed by atoms with Crippen molar-refractivity contribution in [1.82, 2.24) is 9.99 Å². The van der Waals surface area contributed by atoms with Crippen LogP contribution in [0.25, 0.3) is 0 Å². The van der Waals surface area contributed by atoms with Crippen molar-refractivity contribution in [3.05, 3.63) is 29.9 Å². The molecule has 0 saturated heterocycles. The first-order valence-electron chi connectivity index (χ1n) is 3.16. The summed E-state index contributed by atoms with van der Waals surface area (Å²) in [6.07, 6.45) is 1.95. The highest BCUT2D eigenvalue weighted by atomic mass is 15.3. The Morgan fingerprint density at radius 3 is 2.90 bits per heavy atom. The van der Waals surface area contributed by atoms with Gasteiger partial charge in [-0.15, -0.1) is 0 Å². The second-order valence-corrected chi connectivity index (χ2v) is 2.01. The molecule has 0 unspecified atom stereocenters. The van der Waals surface area contributed by atoms with E-state index in [1.807, 2.05) is 36.0 Å². The Kier molecular flexibility index (Phi) is 2.10. The fourth-order valence-electron chi connectivity index (χ4n) is 0.745. The number of aryl methyl sites for hydroxylation is 1. The summed E-state index contributed by atoms with van der Waals surface area (Å²) in [7, 11) is 3.74. The molecule has 0 aliphatic heterocycles. The van der Waals surface area contributed by atoms with Gasteiger partial charge in [0.2, 0.25) is 0 Å². The molecule has 0 aliphatic rings. The Morgan fingerprint density at radius 1 is 1.50 bits per heavy atom. The normalized spacial score (nSPS) is 11.6. The second kappa shape index (κ2) is 3.06. The molecule has 0 radical (unpaired) electrons. The monoisotopic (exact) mass is 137 g/mol. The van der Waals surface area contributed by atoms with E-state index in [2.05, 4.69) is 10.5 Å². The number of aromatic nitrogens is 1. The molecule has 10 heavy (non-hydrogen) atoms. The first kappa shape index (κ1) is 6.86. The SMILES string of the molecule is CN/N=c1/ccccn1C. The maximum absolute atomic E-state index is 4.02. The van der Waals surface area contributed by atoms with Gasteiger partial charge >= 0.3 is 0 Å². The summed E-state index contributed by atoms with van der Waals surface area (Å²) in [5.74, 6) is 0. The highest BCUT2D eigenvalue weighted by Crippen LogP contribution is 1.74. The van der Waals surface area contributed by atoms with E-state index in [1.165, 1.54) is 0 Å². The van der Waals surface area contributed by atoms with Crippen LogP contribution in [0.4, 0.5) is 0 Å². The number of rotatable bonds is 1. The maximum atomic E-state index is 4.02. The topological polar surface area (TPSA) is 29.3 Å². The predicted octanol–water partition coefficient (Wildman–Crippen LogP) is 0.0602. The standard InChI is InChI=1S/C7H11N3/c1-8-9-7-5-3-4-6-10(7)2/h3-6,8H,1-2H3/b9-7-. The van der Waals surface area contributed by atoms with Gasteiger partial charge in [0.05, 0.1) is 0 Å². The molecule has 0 bridgehead atoms. The highest BCUT2D eigenvalue weighted by Gasteiger charge is 1.80. The molecule has 1 aromatic heterocycles. The summed E-state index contributed by atoms with van der Waals surface area (Å²) in [6.45, 7) is 0. The Morgan fingerprint density at radius 2 is 2.30 bits per heavy atom. The van der Waals surface area contributed by atoms with Gasteiger partial charge in [-0.2, -0.15) is 5.10 Å². The summed E-state index contributed by atoms with van der Waals surface area (Å²) >= 11 is 0. The van der Waals surface area contributed by atoms with Crippen LogP contribution in [0, 0.1) is 0 Å². The lowest BCUT2D eigenvalue weighted by atomic mass is 10.5. The third-order valence-electron chi connectivity index (χ3n) is 1.25. The molecular formula is C7H11N3. The lowest BCUT2D eigenvalue weighted by Crippen LogP contribution is -2.19. The van der Waals surface area contributed by atoms with Crippen molar-refractivity contribution in [2.45, 2.75) is 0 Å². The van der Waals surface area contributed by atoms with E-state index in [9.17, 15) is 0 Å². The minimum Gasteiger partial charge on any atom is -0.335 e. The summed E-state index contributed by atoms with van der Waals surface area (Å²) in [5, 5.41) is 4.02. The molecule has 0 aliphatic carbocycles. The zero-order valence-electron chi connectivity index (χ0n) is 6.20. The highest BCUT2D eigenvalue weighted by molar-refractivity contribution is 4.91. The van der Waals surface area contributed by atoms with Gasteiger partial charge in [-0.25, -0.2) is 0 Å². The summed E-state index contributed by atoms with van der Waals surface area (Å²) in [5.41, 5.74) is 3.65. The molecule has 1 N–H and O–H groups in total. The second-order valence-electron chi connectivity index (χ2n) is 2.01. The minimum absolute atomic E-state index is 0.921. The van der Waals surface area contributed by atoms with Crippen LogP contribution in [0.15, 0.2) is 29.5 Å². The molecule has 0 spiro atoms. The molecule has 0 fully saturated rings. The fraction of sp³-hybridized carbons (Fsp3) is 0.286. The van der Waals surface area contributed by atoms with Gasteiger partial charge < -0.3 is 9.99 Å². The lowest BCUT2D eigenvalue weighted by molar-refractivity contribution is 0.756. The van der Waals surface area contributed by atoms with E-state index in [4.69, 9.17) is 0 Å². The lowest BCUT2D eigenvalue weighted by Gasteiger charge is -1.96. The minimum atomic E-state index is 0.921. The van der Waals surface area contributed by atoms with Crippen molar-refractivity contribution in [2.24, 2.45) is 12.1 Å². The quantitative estimate of drug-likeness (QED) is 0.545. The van der Waals surface area contributed by atoms with Gasteiger partial charge in [-0.05, 0) is 12.1 Å². The van der Waals surface area contributed by atoms with Crippen LogP contribution in [-0.2, 0) is 7.05 Å². The summed E-state index contributed by atoms with van der Waals surface area (Å²) < 4.78 is 1.94. The van der Waals surface area contributed by atoms with E-state index < -0.39 is 0 Å². The molecule has 54 valence electrons. The van der Waals surface area contributed by atoms with Crippen LogP contribution in [-0.4, -0.2) is 11.6 Å². The van der Waals surface area contributed by atoms with Crippen molar-refractivity contribution in [2.75, 3.05) is 7.05 Å². The number of pyridine rings is 1. The molecular weight excluding hydrogens is 126 g/mol. The van der Waals surface area contributed by atoms with Gasteiger partial charge in [0.1, 0.15) is 0 Å². The molecule has 3 heteroatoms. The molecule has 0 saturated carbocycles. The molecule has 1 heterocycles. The molecule has 0 amide bonds. The zero-order chi connectivity index (χ0) is 7.40. The average molecular weight is 137 g/mol. The fourth-order valence-corrected chi connectivity index (χ4v) is 0.745. The smallest absolute Gasteiger partial charge is 0.152 e. The van der Waals surface area contributed by atoms with Crippen molar-refractivity contribution >= 4 is 0 Å². The Hall–Kier alpha value is -1.25. The summed E-state index contributed by atoms with van der Waals surface area (Å²) in [4.78, 5) is 0. The van der Waals surface area contributed by atoms with E-state index in [0.717, 1.165) is 5.49 Å². The molecule has 0 atom stereocenters. The Labute approximate surface area is 60.0 Å². The number of nitrogens with zero attached hydrogens (tertiary/aromatic N) is 2. The first-order chi connectivity index (χ1) is 4.84. The van der Waals surface area contributed by atoms with Crippen LogP contribution in [0.2, 0.25) is 0 Å². The molecule has 0 aromatic carbocycles. The van der Waals surface area contributed by atoms with Crippen LogP contribution >= 0.6 is 0 Å². The van der Waals surface area contributed by atoms with Crippen molar-refractivity contribution in [3.63, 3.8) is 0 Å². The molecule has 1 aromatic rings. The third kappa shape index (κ3) is 1.37. The largest absolute Gasteiger partial charge is 0.335 e. The third-order valence-corrected chi connectivity index (χ3v) is 1.25. The molecule has 1 rings (SSSR count). The summed E-state index contributed by atoms with van der Waals surface area (Å²) in [6, 6.07) is 5.86. The number of nitrogens with one attached hydrogen (secondary N) is 1. The predicted molar refractivity (Wildman–Crippen MR) is 40.0 cm³/mol. The maximum Gasteiger partial charge on any atom is 0.152 e. The molecule has 3 nitrogen and oxygen atoms in total. The van der Waals surface area contributed by atoms with E-state index in [0.29, 0.717) is 0 Å². The van der Waals surface area contributed by atoms with Gasteiger partial charge in [0.25, 0.3) is 0 Å². The Balaban J connectivity index is 3.15. The van der Waals surface area contributed by atoms with Crippen molar-refractivity contribution in [3.8, 4) is 0 Å². The van der Waals surface area contributed by atoms with E-state index in [-0.39, 0.29) is 0 Å². The average Bonchev–Trinajstić information content (AvgIpc) is 1.94. The Bertz CT molecular complexity index is 262. The van der Waals surface area contributed by atoms with Gasteiger partial charge in [0.15, 0.2) is 5.49 Å². The van der Waals surface area contributed by atoms with Gasteiger partial charge in [-0.1, -0.05) is 6.07 Å². The van der Waals surface area contributed by atoms with Crippen LogP contribution in [0.5, 0.6) is 0 Å². The van der Waals surface area contributed by atoms with Crippen LogP contribution < -0.4 is 10.9 Å². The van der Waals surface area contributed by atoms with Gasteiger partial charge in [0, 0.05) is 20.3 Å². The van der Waals surface area contributed by atoms with Crippen molar-refractivity contribution < 1.29 is 0 Å². The van der Waals surface area contributed by atoms with E-state index >= 15 is 0 Å². The number of hydrogen-bond donors (Lipinski definition) is 1. The van der Waals surface area contributed by atoms with Crippen molar-refractivity contribution in [1.29, 1.82) is 0 Å². The van der Waals surface area contributed by atoms with Gasteiger partial charge in [-0.3, -0.25) is 0 Å². The first-order valence-corrected chi connectivity index (χ1v) is 3.16. The zero-order valence-corrected chi connectivity index (χ0v) is 6.20.